The van der Waals surface area contributed by atoms with Gasteiger partial charge in [-0.05, 0) is 13.0 Å². The minimum Gasteiger partial charge on any atom is -0.464 e. The lowest BCUT2D eigenvalue weighted by atomic mass is 9.91. The van der Waals surface area contributed by atoms with E-state index in [1.54, 1.807) is 13.0 Å². The highest BCUT2D eigenvalue weighted by atomic mass is 16.5. The zero-order valence-corrected chi connectivity index (χ0v) is 9.79. The minimum atomic E-state index is -0.425. The predicted octanol–water partition coefficient (Wildman–Crippen LogP) is 1.87. The highest BCUT2D eigenvalue weighted by Crippen LogP contribution is 2.20. The molecule has 0 aliphatic rings. The van der Waals surface area contributed by atoms with Gasteiger partial charge in [0.05, 0.1) is 12.8 Å². The molecule has 0 atom stereocenters. The molecule has 15 heavy (non-hydrogen) atoms. The largest absolute Gasteiger partial charge is 0.464 e. The minimum absolute atomic E-state index is 0.101. The molecule has 0 saturated carbocycles. The van der Waals surface area contributed by atoms with E-state index in [0.29, 0.717) is 11.5 Å². The third kappa shape index (κ3) is 2.75. The van der Waals surface area contributed by atoms with Crippen LogP contribution in [0.4, 0.5) is 0 Å². The lowest BCUT2D eigenvalue weighted by Crippen LogP contribution is -2.17. The summed E-state index contributed by atoms with van der Waals surface area (Å²) < 4.78 is 4.63. The Morgan fingerprint density at radius 2 is 1.93 bits per heavy atom. The lowest BCUT2D eigenvalue weighted by Gasteiger charge is -2.18. The van der Waals surface area contributed by atoms with Gasteiger partial charge in [-0.3, -0.25) is 0 Å². The molecule has 0 radical (unpaired) electrons. The van der Waals surface area contributed by atoms with Gasteiger partial charge >= 0.3 is 5.97 Å². The van der Waals surface area contributed by atoms with E-state index in [1.165, 1.54) is 7.11 Å². The van der Waals surface area contributed by atoms with E-state index in [0.717, 1.165) is 5.69 Å². The van der Waals surface area contributed by atoms with Crippen molar-refractivity contribution in [3.63, 3.8) is 0 Å². The highest BCUT2D eigenvalue weighted by Gasteiger charge is 2.19. The Kier molecular flexibility index (Phi) is 3.07. The van der Waals surface area contributed by atoms with Crippen molar-refractivity contribution in [2.45, 2.75) is 33.1 Å². The van der Waals surface area contributed by atoms with E-state index < -0.39 is 5.97 Å². The maximum absolute atomic E-state index is 11.3. The molecule has 0 bridgehead atoms. The molecule has 0 unspecified atom stereocenters. The van der Waals surface area contributed by atoms with Gasteiger partial charge in [-0.15, -0.1) is 0 Å². The van der Waals surface area contributed by atoms with Crippen LogP contribution in [0.25, 0.3) is 0 Å². The van der Waals surface area contributed by atoms with Gasteiger partial charge in [-0.25, -0.2) is 14.8 Å². The third-order valence-electron chi connectivity index (χ3n) is 2.00. The van der Waals surface area contributed by atoms with Crippen LogP contribution in [-0.2, 0) is 10.2 Å². The van der Waals surface area contributed by atoms with Crippen molar-refractivity contribution >= 4 is 5.97 Å². The number of carbonyl (C=O) groups is 1. The zero-order chi connectivity index (χ0) is 11.6. The molecule has 4 nitrogen and oxygen atoms in total. The van der Waals surface area contributed by atoms with Crippen molar-refractivity contribution in [1.29, 1.82) is 0 Å². The van der Waals surface area contributed by atoms with E-state index >= 15 is 0 Å². The number of aryl methyl sites for hydroxylation is 1. The number of methoxy groups -OCH3 is 1. The van der Waals surface area contributed by atoms with E-state index in [1.807, 2.05) is 20.8 Å². The van der Waals surface area contributed by atoms with Gasteiger partial charge < -0.3 is 4.74 Å². The normalized spacial score (nSPS) is 11.3. The van der Waals surface area contributed by atoms with Gasteiger partial charge in [0, 0.05) is 5.41 Å². The summed E-state index contributed by atoms with van der Waals surface area (Å²) in [6.45, 7) is 7.88. The molecule has 0 saturated heterocycles. The first-order valence-electron chi connectivity index (χ1n) is 4.79. The summed E-state index contributed by atoms with van der Waals surface area (Å²) in [5.41, 5.74) is 1.06. The monoisotopic (exact) mass is 208 g/mol. The van der Waals surface area contributed by atoms with Crippen LogP contribution in [0.3, 0.4) is 0 Å². The first-order valence-corrected chi connectivity index (χ1v) is 4.79. The summed E-state index contributed by atoms with van der Waals surface area (Å²) >= 11 is 0. The van der Waals surface area contributed by atoms with E-state index in [9.17, 15) is 4.79 Å². The fraction of sp³-hybridized carbons (Fsp3) is 0.545. The molecule has 4 heteroatoms. The highest BCUT2D eigenvalue weighted by molar-refractivity contribution is 5.87. The van der Waals surface area contributed by atoms with Crippen molar-refractivity contribution < 1.29 is 9.53 Å². The van der Waals surface area contributed by atoms with Crippen LogP contribution in [0.5, 0.6) is 0 Å². The topological polar surface area (TPSA) is 52.1 Å². The Labute approximate surface area is 89.7 Å². The average molecular weight is 208 g/mol. The van der Waals surface area contributed by atoms with Crippen LogP contribution in [0, 0.1) is 6.92 Å². The summed E-state index contributed by atoms with van der Waals surface area (Å²) in [4.78, 5) is 19.7. The average Bonchev–Trinajstić information content (AvgIpc) is 2.14. The van der Waals surface area contributed by atoms with Crippen LogP contribution in [0.2, 0.25) is 0 Å². The van der Waals surface area contributed by atoms with Crippen molar-refractivity contribution in [2.24, 2.45) is 0 Å². The van der Waals surface area contributed by atoms with Crippen LogP contribution < -0.4 is 0 Å². The van der Waals surface area contributed by atoms with Crippen LogP contribution in [-0.4, -0.2) is 23.0 Å². The molecule has 0 N–H and O–H groups in total. The van der Waals surface area contributed by atoms with Crippen molar-refractivity contribution in [1.82, 2.24) is 9.97 Å². The molecule has 1 aromatic rings. The fourth-order valence-corrected chi connectivity index (χ4v) is 1.16. The Bertz CT molecular complexity index is 381. The molecule has 1 heterocycles. The molecule has 82 valence electrons. The standard InChI is InChI=1S/C11H16N2O2/c1-7-12-8(10(14)15-5)6-9(13-7)11(2,3)4/h6H,1-5H3. The van der Waals surface area contributed by atoms with Gasteiger partial charge in [0.2, 0.25) is 0 Å². The van der Waals surface area contributed by atoms with E-state index in [-0.39, 0.29) is 5.41 Å². The number of carbonyl (C=O) groups excluding carboxylic acids is 1. The lowest BCUT2D eigenvalue weighted by molar-refractivity contribution is 0.0593. The second kappa shape index (κ2) is 3.96. The first kappa shape index (κ1) is 11.6. The quantitative estimate of drug-likeness (QED) is 0.661. The van der Waals surface area contributed by atoms with Crippen molar-refractivity contribution in [3.8, 4) is 0 Å². The maximum Gasteiger partial charge on any atom is 0.356 e. The smallest absolute Gasteiger partial charge is 0.356 e. The van der Waals surface area contributed by atoms with E-state index in [2.05, 4.69) is 14.7 Å². The Morgan fingerprint density at radius 3 is 2.40 bits per heavy atom. The number of ether oxygens (including phenoxy) is 1. The molecule has 0 fully saturated rings. The van der Waals surface area contributed by atoms with Gasteiger partial charge in [-0.1, -0.05) is 20.8 Å². The summed E-state index contributed by atoms with van der Waals surface area (Å²) in [5.74, 6) is 0.161. The van der Waals surface area contributed by atoms with Crippen molar-refractivity contribution in [3.05, 3.63) is 23.3 Å². The maximum atomic E-state index is 11.3. The van der Waals surface area contributed by atoms with Gasteiger partial charge in [-0.2, -0.15) is 0 Å². The van der Waals surface area contributed by atoms with Crippen LogP contribution >= 0.6 is 0 Å². The number of hydrogen-bond donors (Lipinski definition) is 0. The SMILES string of the molecule is COC(=O)c1cc(C(C)(C)C)nc(C)n1. The molecule has 1 rings (SSSR count). The summed E-state index contributed by atoms with van der Waals surface area (Å²) in [6.07, 6.45) is 0. The zero-order valence-electron chi connectivity index (χ0n) is 9.79. The second-order valence-corrected chi connectivity index (χ2v) is 4.43. The second-order valence-electron chi connectivity index (χ2n) is 4.43. The number of esters is 1. The molecule has 0 amide bonds. The van der Waals surface area contributed by atoms with Gasteiger partial charge in [0.25, 0.3) is 0 Å². The first-order chi connectivity index (χ1) is 6.84. The van der Waals surface area contributed by atoms with Crippen molar-refractivity contribution in [2.75, 3.05) is 7.11 Å². The number of rotatable bonds is 1. The Balaban J connectivity index is 3.23. The molecule has 0 aliphatic carbocycles. The summed E-state index contributed by atoms with van der Waals surface area (Å²) in [7, 11) is 1.34. The third-order valence-corrected chi connectivity index (χ3v) is 2.00. The van der Waals surface area contributed by atoms with Gasteiger partial charge in [0.1, 0.15) is 5.82 Å². The number of aromatic nitrogens is 2. The fourth-order valence-electron chi connectivity index (χ4n) is 1.16. The molecular formula is C11H16N2O2. The number of nitrogens with zero attached hydrogens (tertiary/aromatic N) is 2. The summed E-state index contributed by atoms with van der Waals surface area (Å²) in [5, 5.41) is 0. The Hall–Kier alpha value is -1.45. The molecule has 0 spiro atoms. The molecule has 0 aromatic carbocycles. The number of hydrogen-bond acceptors (Lipinski definition) is 4. The van der Waals surface area contributed by atoms with Crippen LogP contribution in [0.15, 0.2) is 6.07 Å². The Morgan fingerprint density at radius 1 is 1.33 bits per heavy atom. The molecule has 0 aliphatic heterocycles. The summed E-state index contributed by atoms with van der Waals surface area (Å²) in [6, 6.07) is 1.68. The predicted molar refractivity (Wildman–Crippen MR) is 56.8 cm³/mol. The van der Waals surface area contributed by atoms with Gasteiger partial charge in [0.15, 0.2) is 5.69 Å². The van der Waals surface area contributed by atoms with E-state index in [4.69, 9.17) is 0 Å². The van der Waals surface area contributed by atoms with Crippen LogP contribution in [0.1, 0.15) is 42.8 Å². The molecule has 1 aromatic heterocycles. The molecular weight excluding hydrogens is 192 g/mol.